The summed E-state index contributed by atoms with van der Waals surface area (Å²) in [5, 5.41) is 9.77. The van der Waals surface area contributed by atoms with Crippen molar-refractivity contribution < 1.29 is 22.7 Å². The van der Waals surface area contributed by atoms with E-state index in [2.05, 4.69) is 0 Å². The van der Waals surface area contributed by atoms with Crippen molar-refractivity contribution in [2.24, 2.45) is 5.73 Å². The molecule has 1 aromatic carbocycles. The molecule has 0 aromatic heterocycles. The van der Waals surface area contributed by atoms with Crippen LogP contribution in [0, 0.1) is 5.82 Å². The average Bonchev–Trinajstić information content (AvgIpc) is 2.33. The molecule has 0 fully saturated rings. The third-order valence-corrected chi connectivity index (χ3v) is 2.95. The molecule has 2 atom stereocenters. The molecular weight excluding hydrogens is 262 g/mol. The number of rotatable bonds is 5. The van der Waals surface area contributed by atoms with Gasteiger partial charge in [0.25, 0.3) is 0 Å². The fraction of sp³-hybridized carbons (Fsp3) is 0.538. The first kappa shape index (κ1) is 15.9. The SMILES string of the molecule is CCCC[C@H](O)[C@H](N)c1cc(F)ccc1C(F)(F)F. The third kappa shape index (κ3) is 4.18. The normalized spacial score (nSPS) is 15.3. The van der Waals surface area contributed by atoms with E-state index in [1.54, 1.807) is 0 Å². The first-order chi connectivity index (χ1) is 8.77. The number of nitrogens with two attached hydrogens (primary N) is 1. The lowest BCUT2D eigenvalue weighted by atomic mass is 9.94. The molecule has 19 heavy (non-hydrogen) atoms. The van der Waals surface area contributed by atoms with Crippen LogP contribution in [0.5, 0.6) is 0 Å². The van der Waals surface area contributed by atoms with Crippen molar-refractivity contribution in [3.05, 3.63) is 35.1 Å². The van der Waals surface area contributed by atoms with Gasteiger partial charge in [0.05, 0.1) is 17.7 Å². The summed E-state index contributed by atoms with van der Waals surface area (Å²) in [4.78, 5) is 0. The minimum atomic E-state index is -4.62. The number of aliphatic hydroxyl groups excluding tert-OH is 1. The first-order valence-electron chi connectivity index (χ1n) is 6.07. The zero-order chi connectivity index (χ0) is 14.6. The van der Waals surface area contributed by atoms with E-state index in [1.807, 2.05) is 6.92 Å². The molecule has 0 saturated heterocycles. The lowest BCUT2D eigenvalue weighted by molar-refractivity contribution is -0.138. The van der Waals surface area contributed by atoms with Gasteiger partial charge in [-0.2, -0.15) is 13.2 Å². The van der Waals surface area contributed by atoms with Crippen molar-refractivity contribution in [2.45, 2.75) is 44.5 Å². The summed E-state index contributed by atoms with van der Waals surface area (Å²) in [6, 6.07) is 0.871. The van der Waals surface area contributed by atoms with Crippen LogP contribution >= 0.6 is 0 Å². The van der Waals surface area contributed by atoms with Crippen LogP contribution in [-0.4, -0.2) is 11.2 Å². The molecule has 0 bridgehead atoms. The van der Waals surface area contributed by atoms with E-state index in [-0.39, 0.29) is 6.42 Å². The number of unbranched alkanes of at least 4 members (excludes halogenated alkanes) is 1. The van der Waals surface area contributed by atoms with Crippen molar-refractivity contribution in [2.75, 3.05) is 0 Å². The number of hydrogen-bond donors (Lipinski definition) is 2. The lowest BCUT2D eigenvalue weighted by Crippen LogP contribution is -2.28. The Labute approximate surface area is 109 Å². The van der Waals surface area contributed by atoms with Gasteiger partial charge in [0, 0.05) is 0 Å². The van der Waals surface area contributed by atoms with Crippen LogP contribution < -0.4 is 5.73 Å². The number of hydrogen-bond acceptors (Lipinski definition) is 2. The van der Waals surface area contributed by atoms with Crippen LogP contribution in [0.25, 0.3) is 0 Å². The Morgan fingerprint density at radius 3 is 2.47 bits per heavy atom. The second kappa shape index (κ2) is 6.34. The monoisotopic (exact) mass is 279 g/mol. The van der Waals surface area contributed by atoms with E-state index in [0.717, 1.165) is 18.6 Å². The van der Waals surface area contributed by atoms with Crippen LogP contribution in [0.15, 0.2) is 18.2 Å². The summed E-state index contributed by atoms with van der Waals surface area (Å²) in [5.41, 5.74) is 4.22. The van der Waals surface area contributed by atoms with Gasteiger partial charge >= 0.3 is 6.18 Å². The molecule has 0 aliphatic rings. The maximum atomic E-state index is 13.1. The quantitative estimate of drug-likeness (QED) is 0.811. The zero-order valence-electron chi connectivity index (χ0n) is 10.5. The van der Waals surface area contributed by atoms with Gasteiger partial charge in [-0.25, -0.2) is 4.39 Å². The molecule has 0 heterocycles. The highest BCUT2D eigenvalue weighted by Gasteiger charge is 2.36. The van der Waals surface area contributed by atoms with Crippen LogP contribution in [-0.2, 0) is 6.18 Å². The van der Waals surface area contributed by atoms with Crippen molar-refractivity contribution in [3.8, 4) is 0 Å². The van der Waals surface area contributed by atoms with Crippen LogP contribution in [0.3, 0.4) is 0 Å². The Kier molecular flexibility index (Phi) is 5.31. The molecule has 3 N–H and O–H groups in total. The first-order valence-corrected chi connectivity index (χ1v) is 6.07. The molecule has 1 rings (SSSR count). The van der Waals surface area contributed by atoms with Gasteiger partial charge in [0.15, 0.2) is 0 Å². The van der Waals surface area contributed by atoms with Crippen molar-refractivity contribution >= 4 is 0 Å². The van der Waals surface area contributed by atoms with Crippen LogP contribution in [0.2, 0.25) is 0 Å². The second-order valence-corrected chi connectivity index (χ2v) is 4.46. The third-order valence-electron chi connectivity index (χ3n) is 2.95. The zero-order valence-corrected chi connectivity index (χ0v) is 10.5. The Hall–Kier alpha value is -1.14. The molecule has 6 heteroatoms. The summed E-state index contributed by atoms with van der Waals surface area (Å²) in [6.45, 7) is 1.89. The summed E-state index contributed by atoms with van der Waals surface area (Å²) in [5.74, 6) is -0.804. The topological polar surface area (TPSA) is 46.2 Å². The highest BCUT2D eigenvalue weighted by molar-refractivity contribution is 5.33. The Bertz CT molecular complexity index is 420. The standard InChI is InChI=1S/C13H17F4NO/c1-2-3-4-11(19)12(18)9-7-8(14)5-6-10(9)13(15,16)17/h5-7,11-12,19H,2-4,18H2,1H3/t11-,12+/m0/s1. The smallest absolute Gasteiger partial charge is 0.391 e. The predicted molar refractivity (Wildman–Crippen MR) is 63.9 cm³/mol. The Morgan fingerprint density at radius 1 is 1.32 bits per heavy atom. The van der Waals surface area contributed by atoms with E-state index in [1.165, 1.54) is 0 Å². The van der Waals surface area contributed by atoms with E-state index >= 15 is 0 Å². The maximum Gasteiger partial charge on any atom is 0.416 e. The van der Waals surface area contributed by atoms with E-state index in [9.17, 15) is 22.7 Å². The molecule has 0 saturated carbocycles. The van der Waals surface area contributed by atoms with Crippen molar-refractivity contribution in [1.29, 1.82) is 0 Å². The van der Waals surface area contributed by atoms with Crippen molar-refractivity contribution in [1.82, 2.24) is 0 Å². The minimum absolute atomic E-state index is 0.283. The molecule has 0 aliphatic heterocycles. The minimum Gasteiger partial charge on any atom is -0.391 e. The molecule has 0 radical (unpaired) electrons. The summed E-state index contributed by atoms with van der Waals surface area (Å²) >= 11 is 0. The summed E-state index contributed by atoms with van der Waals surface area (Å²) < 4.78 is 51.5. The highest BCUT2D eigenvalue weighted by Crippen LogP contribution is 2.35. The van der Waals surface area contributed by atoms with E-state index in [4.69, 9.17) is 5.73 Å². The molecule has 1 aromatic rings. The fourth-order valence-corrected chi connectivity index (χ4v) is 1.87. The predicted octanol–water partition coefficient (Wildman–Crippen LogP) is 3.40. The van der Waals surface area contributed by atoms with Crippen LogP contribution in [0.1, 0.15) is 43.4 Å². The van der Waals surface area contributed by atoms with Crippen LogP contribution in [0.4, 0.5) is 17.6 Å². The Balaban J connectivity index is 3.07. The summed E-state index contributed by atoms with van der Waals surface area (Å²) in [6.07, 6.45) is -4.02. The number of alkyl halides is 3. The van der Waals surface area contributed by atoms with E-state index in [0.29, 0.717) is 12.5 Å². The van der Waals surface area contributed by atoms with Gasteiger partial charge < -0.3 is 10.8 Å². The van der Waals surface area contributed by atoms with Gasteiger partial charge in [-0.1, -0.05) is 19.8 Å². The molecule has 0 spiro atoms. The van der Waals surface area contributed by atoms with Gasteiger partial charge in [0.2, 0.25) is 0 Å². The van der Waals surface area contributed by atoms with Gasteiger partial charge in [-0.05, 0) is 30.2 Å². The largest absolute Gasteiger partial charge is 0.416 e. The molecule has 0 aliphatic carbocycles. The maximum absolute atomic E-state index is 13.1. The molecular formula is C13H17F4NO. The number of halogens is 4. The molecule has 2 nitrogen and oxygen atoms in total. The average molecular weight is 279 g/mol. The molecule has 108 valence electrons. The van der Waals surface area contributed by atoms with Crippen molar-refractivity contribution in [3.63, 3.8) is 0 Å². The van der Waals surface area contributed by atoms with Gasteiger partial charge in [-0.3, -0.25) is 0 Å². The van der Waals surface area contributed by atoms with Gasteiger partial charge in [-0.15, -0.1) is 0 Å². The number of benzene rings is 1. The summed E-state index contributed by atoms with van der Waals surface area (Å²) in [7, 11) is 0. The fourth-order valence-electron chi connectivity index (χ4n) is 1.87. The molecule has 0 unspecified atom stereocenters. The molecule has 0 amide bonds. The Morgan fingerprint density at radius 2 is 1.95 bits per heavy atom. The van der Waals surface area contributed by atoms with Gasteiger partial charge in [0.1, 0.15) is 5.82 Å². The highest BCUT2D eigenvalue weighted by atomic mass is 19.4. The van der Waals surface area contributed by atoms with E-state index < -0.39 is 35.3 Å². The lowest BCUT2D eigenvalue weighted by Gasteiger charge is -2.22. The number of aliphatic hydroxyl groups is 1. The second-order valence-electron chi connectivity index (χ2n) is 4.46.